The van der Waals surface area contributed by atoms with Crippen LogP contribution in [-0.4, -0.2) is 37.6 Å². The molecular weight excluding hydrogens is 308 g/mol. The number of para-hydroxylation sites is 1. The molecule has 24 heavy (non-hydrogen) atoms. The Hall–Kier alpha value is -3.02. The molecule has 0 saturated heterocycles. The summed E-state index contributed by atoms with van der Waals surface area (Å²) in [6.07, 6.45) is -0.604. The molecule has 0 bridgehead atoms. The number of methoxy groups -OCH3 is 1. The van der Waals surface area contributed by atoms with Crippen molar-refractivity contribution in [1.82, 2.24) is 4.90 Å². The van der Waals surface area contributed by atoms with Crippen LogP contribution in [0.5, 0.6) is 11.5 Å². The Kier molecular flexibility index (Phi) is 5.78. The van der Waals surface area contributed by atoms with Gasteiger partial charge in [0.1, 0.15) is 18.0 Å². The van der Waals surface area contributed by atoms with E-state index in [4.69, 9.17) is 9.47 Å². The average molecular weight is 328 g/mol. The van der Waals surface area contributed by atoms with Crippen LogP contribution in [0.1, 0.15) is 5.56 Å². The summed E-state index contributed by atoms with van der Waals surface area (Å²) in [5, 5.41) is 2.74. The van der Waals surface area contributed by atoms with Crippen molar-refractivity contribution < 1.29 is 19.1 Å². The molecule has 0 aliphatic heterocycles. The largest absolute Gasteiger partial charge is 0.495 e. The van der Waals surface area contributed by atoms with Gasteiger partial charge in [0.2, 0.25) is 5.91 Å². The Morgan fingerprint density at radius 2 is 1.83 bits per heavy atom. The summed E-state index contributed by atoms with van der Waals surface area (Å²) in [7, 11) is 3.03. The second-order valence-electron chi connectivity index (χ2n) is 5.29. The third-order valence-corrected chi connectivity index (χ3v) is 3.27. The first-order valence-corrected chi connectivity index (χ1v) is 7.42. The van der Waals surface area contributed by atoms with Crippen LogP contribution in [-0.2, 0) is 4.79 Å². The van der Waals surface area contributed by atoms with E-state index in [9.17, 15) is 9.59 Å². The minimum absolute atomic E-state index is 0.136. The maximum atomic E-state index is 12.1. The Morgan fingerprint density at radius 3 is 2.50 bits per heavy atom. The SMILES string of the molecule is COc1ccc(C)cc1NC(=O)CN(C)C(=O)Oc1ccccc1. The van der Waals surface area contributed by atoms with Crippen LogP contribution >= 0.6 is 0 Å². The molecule has 2 amide bonds. The Labute approximate surface area is 141 Å². The lowest BCUT2D eigenvalue weighted by Crippen LogP contribution is -2.36. The number of hydrogen-bond donors (Lipinski definition) is 1. The van der Waals surface area contributed by atoms with Crippen LogP contribution in [0, 0.1) is 6.92 Å². The van der Waals surface area contributed by atoms with Gasteiger partial charge in [-0.25, -0.2) is 4.79 Å². The number of anilines is 1. The van der Waals surface area contributed by atoms with Crippen LogP contribution in [0.15, 0.2) is 48.5 Å². The number of ether oxygens (including phenoxy) is 2. The van der Waals surface area contributed by atoms with E-state index in [0.29, 0.717) is 17.2 Å². The Balaban J connectivity index is 1.94. The molecule has 126 valence electrons. The van der Waals surface area contributed by atoms with Crippen molar-refractivity contribution in [1.29, 1.82) is 0 Å². The fourth-order valence-corrected chi connectivity index (χ4v) is 2.06. The molecule has 0 spiro atoms. The van der Waals surface area contributed by atoms with Crippen LogP contribution in [0.25, 0.3) is 0 Å². The summed E-state index contributed by atoms with van der Waals surface area (Å²) in [6, 6.07) is 14.2. The monoisotopic (exact) mass is 328 g/mol. The Bertz CT molecular complexity index is 716. The number of carbonyl (C=O) groups excluding carboxylic acids is 2. The molecule has 6 heteroatoms. The molecule has 2 rings (SSSR count). The number of carbonyl (C=O) groups is 2. The van der Waals surface area contributed by atoms with Gasteiger partial charge < -0.3 is 19.7 Å². The Morgan fingerprint density at radius 1 is 1.12 bits per heavy atom. The number of rotatable bonds is 5. The molecule has 0 aliphatic rings. The van der Waals surface area contributed by atoms with Gasteiger partial charge in [-0.3, -0.25) is 4.79 Å². The van der Waals surface area contributed by atoms with Crippen LogP contribution in [0.4, 0.5) is 10.5 Å². The molecule has 2 aromatic carbocycles. The zero-order chi connectivity index (χ0) is 17.5. The zero-order valence-electron chi connectivity index (χ0n) is 13.9. The van der Waals surface area contributed by atoms with Gasteiger partial charge in [0.05, 0.1) is 12.8 Å². The minimum Gasteiger partial charge on any atom is -0.495 e. The first-order chi connectivity index (χ1) is 11.5. The molecule has 6 nitrogen and oxygen atoms in total. The highest BCUT2D eigenvalue weighted by molar-refractivity contribution is 5.95. The van der Waals surface area contributed by atoms with E-state index in [1.165, 1.54) is 19.1 Å². The van der Waals surface area contributed by atoms with E-state index in [1.807, 2.05) is 19.1 Å². The lowest BCUT2D eigenvalue weighted by atomic mass is 10.2. The maximum absolute atomic E-state index is 12.1. The van der Waals surface area contributed by atoms with Gasteiger partial charge >= 0.3 is 6.09 Å². The van der Waals surface area contributed by atoms with Gasteiger partial charge in [-0.1, -0.05) is 24.3 Å². The number of benzene rings is 2. The van der Waals surface area contributed by atoms with E-state index in [2.05, 4.69) is 5.32 Å². The van der Waals surface area contributed by atoms with Crippen molar-refractivity contribution in [3.8, 4) is 11.5 Å². The predicted molar refractivity (Wildman–Crippen MR) is 91.5 cm³/mol. The van der Waals surface area contributed by atoms with Gasteiger partial charge in [-0.2, -0.15) is 0 Å². The van der Waals surface area contributed by atoms with Crippen molar-refractivity contribution in [3.63, 3.8) is 0 Å². The molecule has 0 radical (unpaired) electrons. The van der Waals surface area contributed by atoms with Gasteiger partial charge in [-0.05, 0) is 36.8 Å². The summed E-state index contributed by atoms with van der Waals surface area (Å²) in [6.45, 7) is 1.78. The second kappa shape index (κ2) is 8.01. The topological polar surface area (TPSA) is 67.9 Å². The summed E-state index contributed by atoms with van der Waals surface area (Å²) in [4.78, 5) is 25.3. The van der Waals surface area contributed by atoms with Crippen molar-refractivity contribution in [2.45, 2.75) is 6.92 Å². The third kappa shape index (κ3) is 4.74. The van der Waals surface area contributed by atoms with Crippen LogP contribution < -0.4 is 14.8 Å². The fraction of sp³-hybridized carbons (Fsp3) is 0.222. The number of nitrogens with zero attached hydrogens (tertiary/aromatic N) is 1. The highest BCUT2D eigenvalue weighted by atomic mass is 16.6. The summed E-state index contributed by atoms with van der Waals surface area (Å²) >= 11 is 0. The molecule has 0 heterocycles. The highest BCUT2D eigenvalue weighted by Crippen LogP contribution is 2.25. The number of aryl methyl sites for hydroxylation is 1. The molecule has 0 unspecified atom stereocenters. The van der Waals surface area contributed by atoms with E-state index in [1.54, 1.807) is 36.4 Å². The maximum Gasteiger partial charge on any atom is 0.415 e. The molecule has 0 saturated carbocycles. The first kappa shape index (κ1) is 17.3. The van der Waals surface area contributed by atoms with Crippen LogP contribution in [0.2, 0.25) is 0 Å². The third-order valence-electron chi connectivity index (χ3n) is 3.27. The standard InChI is InChI=1S/C18H20N2O4/c1-13-9-10-16(23-3)15(11-13)19-17(21)12-20(2)18(22)24-14-7-5-4-6-8-14/h4-11H,12H2,1-3H3,(H,19,21). The van der Waals surface area contributed by atoms with E-state index in [-0.39, 0.29) is 12.5 Å². The molecule has 2 aromatic rings. The minimum atomic E-state index is -0.604. The van der Waals surface area contributed by atoms with Gasteiger partial charge in [-0.15, -0.1) is 0 Å². The number of nitrogens with one attached hydrogen (secondary N) is 1. The normalized spacial score (nSPS) is 9.96. The lowest BCUT2D eigenvalue weighted by Gasteiger charge is -2.17. The molecule has 0 fully saturated rings. The zero-order valence-corrected chi connectivity index (χ0v) is 13.9. The number of amides is 2. The van der Waals surface area contributed by atoms with E-state index >= 15 is 0 Å². The average Bonchev–Trinajstić information content (AvgIpc) is 2.55. The van der Waals surface area contributed by atoms with Crippen molar-refractivity contribution in [2.24, 2.45) is 0 Å². The predicted octanol–water partition coefficient (Wildman–Crippen LogP) is 3.07. The van der Waals surface area contributed by atoms with Crippen LogP contribution in [0.3, 0.4) is 0 Å². The number of hydrogen-bond acceptors (Lipinski definition) is 4. The number of likely N-dealkylation sites (N-methyl/N-ethyl adjacent to an activating group) is 1. The molecular formula is C18H20N2O4. The molecule has 0 aliphatic carbocycles. The van der Waals surface area contributed by atoms with Crippen molar-refractivity contribution in [3.05, 3.63) is 54.1 Å². The van der Waals surface area contributed by atoms with E-state index in [0.717, 1.165) is 5.56 Å². The highest BCUT2D eigenvalue weighted by Gasteiger charge is 2.16. The summed E-state index contributed by atoms with van der Waals surface area (Å²) < 4.78 is 10.4. The first-order valence-electron chi connectivity index (χ1n) is 7.42. The molecule has 0 aromatic heterocycles. The lowest BCUT2D eigenvalue weighted by molar-refractivity contribution is -0.116. The fourth-order valence-electron chi connectivity index (χ4n) is 2.06. The second-order valence-corrected chi connectivity index (χ2v) is 5.29. The van der Waals surface area contributed by atoms with Crippen molar-refractivity contribution in [2.75, 3.05) is 26.0 Å². The molecule has 1 N–H and O–H groups in total. The quantitative estimate of drug-likeness (QED) is 0.916. The van der Waals surface area contributed by atoms with Gasteiger partial charge in [0.15, 0.2) is 0 Å². The molecule has 0 atom stereocenters. The smallest absolute Gasteiger partial charge is 0.415 e. The summed E-state index contributed by atoms with van der Waals surface area (Å²) in [5.74, 6) is 0.644. The van der Waals surface area contributed by atoms with Gasteiger partial charge in [0, 0.05) is 7.05 Å². The van der Waals surface area contributed by atoms with Crippen molar-refractivity contribution >= 4 is 17.7 Å². The summed E-state index contributed by atoms with van der Waals surface area (Å²) in [5.41, 5.74) is 1.55. The van der Waals surface area contributed by atoms with E-state index < -0.39 is 6.09 Å². The van der Waals surface area contributed by atoms with Gasteiger partial charge in [0.25, 0.3) is 0 Å².